The minimum atomic E-state index is -0.513. The number of ether oxygens (including phenoxy) is 1. The highest BCUT2D eigenvalue weighted by atomic mass is 32.1. The summed E-state index contributed by atoms with van der Waals surface area (Å²) < 4.78 is 5.79. The molecular formula is C21H18N2O3S. The topological polar surface area (TPSA) is 58.6 Å². The normalized spacial score (nSPS) is 15.6. The summed E-state index contributed by atoms with van der Waals surface area (Å²) in [6.07, 6.45) is 3.09. The zero-order chi connectivity index (χ0) is 19.2. The summed E-state index contributed by atoms with van der Waals surface area (Å²) in [6.45, 7) is 4.27. The van der Waals surface area contributed by atoms with E-state index in [4.69, 9.17) is 17.0 Å². The quantitative estimate of drug-likeness (QED) is 0.363. The van der Waals surface area contributed by atoms with E-state index < -0.39 is 11.8 Å². The number of thiocarbonyl (C=S) groups is 1. The van der Waals surface area contributed by atoms with E-state index in [-0.39, 0.29) is 17.2 Å². The van der Waals surface area contributed by atoms with Gasteiger partial charge in [0.15, 0.2) is 5.11 Å². The molecule has 5 nitrogen and oxygen atoms in total. The van der Waals surface area contributed by atoms with Crippen molar-refractivity contribution in [2.45, 2.75) is 6.61 Å². The molecule has 0 radical (unpaired) electrons. The first-order valence-corrected chi connectivity index (χ1v) is 8.76. The number of hydrogen-bond acceptors (Lipinski definition) is 4. The molecule has 1 saturated heterocycles. The number of benzene rings is 2. The van der Waals surface area contributed by atoms with Crippen LogP contribution in [0.4, 0.5) is 0 Å². The molecule has 2 aromatic rings. The van der Waals surface area contributed by atoms with Crippen LogP contribution >= 0.6 is 12.2 Å². The summed E-state index contributed by atoms with van der Waals surface area (Å²) in [5.74, 6) is -0.310. The van der Waals surface area contributed by atoms with Gasteiger partial charge in [0.05, 0.1) is 0 Å². The summed E-state index contributed by atoms with van der Waals surface area (Å²) >= 11 is 5.04. The van der Waals surface area contributed by atoms with Crippen LogP contribution < -0.4 is 10.1 Å². The second kappa shape index (κ2) is 8.42. The third-order valence-corrected chi connectivity index (χ3v) is 4.24. The smallest absolute Gasteiger partial charge is 0.265 e. The van der Waals surface area contributed by atoms with Gasteiger partial charge in [0.2, 0.25) is 0 Å². The largest absolute Gasteiger partial charge is 0.489 e. The van der Waals surface area contributed by atoms with E-state index in [0.717, 1.165) is 5.56 Å². The Morgan fingerprint density at radius 2 is 1.89 bits per heavy atom. The molecule has 1 heterocycles. The Kier molecular flexibility index (Phi) is 5.78. The first-order chi connectivity index (χ1) is 13.1. The lowest BCUT2D eigenvalue weighted by atomic mass is 10.1. The molecule has 0 spiro atoms. The van der Waals surface area contributed by atoms with Crippen LogP contribution in [0.25, 0.3) is 6.08 Å². The van der Waals surface area contributed by atoms with E-state index in [9.17, 15) is 9.59 Å². The molecule has 0 saturated carbocycles. The van der Waals surface area contributed by atoms with Crippen LogP contribution in [0.2, 0.25) is 0 Å². The third-order valence-electron chi connectivity index (χ3n) is 3.91. The Morgan fingerprint density at radius 3 is 2.63 bits per heavy atom. The summed E-state index contributed by atoms with van der Waals surface area (Å²) in [6, 6.07) is 17.0. The number of nitrogens with zero attached hydrogens (tertiary/aromatic N) is 1. The van der Waals surface area contributed by atoms with Crippen molar-refractivity contribution >= 4 is 35.2 Å². The predicted molar refractivity (Wildman–Crippen MR) is 108 cm³/mol. The van der Waals surface area contributed by atoms with Gasteiger partial charge in [-0.3, -0.25) is 19.8 Å². The zero-order valence-electron chi connectivity index (χ0n) is 14.6. The zero-order valence-corrected chi connectivity index (χ0v) is 15.4. The molecule has 1 aliphatic heterocycles. The SMILES string of the molecule is C=CCN1C(=O)/C(=C/c2cccc(OCc3ccccc3)c2)C(=O)NC1=S. The van der Waals surface area contributed by atoms with Gasteiger partial charge in [0.25, 0.3) is 11.8 Å². The summed E-state index contributed by atoms with van der Waals surface area (Å²) in [4.78, 5) is 26.1. The van der Waals surface area contributed by atoms with Gasteiger partial charge >= 0.3 is 0 Å². The standard InChI is InChI=1S/C21H18N2O3S/c1-2-11-23-20(25)18(19(24)22-21(23)27)13-16-9-6-10-17(12-16)26-14-15-7-4-3-5-8-15/h2-10,12-13H,1,11,14H2,(H,22,24,27)/b18-13+. The summed E-state index contributed by atoms with van der Waals surface area (Å²) in [5, 5.41) is 2.61. The number of amides is 2. The first-order valence-electron chi connectivity index (χ1n) is 8.35. The molecule has 6 heteroatoms. The molecule has 1 N–H and O–H groups in total. The van der Waals surface area contributed by atoms with Gasteiger partial charge in [-0.2, -0.15) is 0 Å². The van der Waals surface area contributed by atoms with Gasteiger partial charge in [0.1, 0.15) is 17.9 Å². The number of carbonyl (C=O) groups excluding carboxylic acids is 2. The van der Waals surface area contributed by atoms with E-state index in [2.05, 4.69) is 11.9 Å². The fraction of sp³-hybridized carbons (Fsp3) is 0.0952. The minimum Gasteiger partial charge on any atom is -0.489 e. The Labute approximate surface area is 162 Å². The van der Waals surface area contributed by atoms with Gasteiger partial charge in [-0.1, -0.05) is 48.5 Å². The molecule has 3 rings (SSSR count). The molecule has 0 aliphatic carbocycles. The maximum absolute atomic E-state index is 12.6. The molecule has 27 heavy (non-hydrogen) atoms. The third kappa shape index (κ3) is 4.48. The van der Waals surface area contributed by atoms with Crippen LogP contribution in [-0.4, -0.2) is 28.4 Å². The van der Waals surface area contributed by atoms with Crippen molar-refractivity contribution in [1.82, 2.24) is 10.2 Å². The predicted octanol–water partition coefficient (Wildman–Crippen LogP) is 3.08. The van der Waals surface area contributed by atoms with Crippen LogP contribution in [-0.2, 0) is 16.2 Å². The molecule has 0 bridgehead atoms. The van der Waals surface area contributed by atoms with Gasteiger partial charge < -0.3 is 4.74 Å². The highest BCUT2D eigenvalue weighted by molar-refractivity contribution is 7.80. The number of carbonyl (C=O) groups is 2. The number of nitrogens with one attached hydrogen (secondary N) is 1. The van der Waals surface area contributed by atoms with Crippen molar-refractivity contribution < 1.29 is 14.3 Å². The van der Waals surface area contributed by atoms with Gasteiger partial charge in [-0.05, 0) is 41.6 Å². The average molecular weight is 378 g/mol. The highest BCUT2D eigenvalue weighted by Crippen LogP contribution is 2.19. The van der Waals surface area contributed by atoms with Crippen LogP contribution in [0.5, 0.6) is 5.75 Å². The molecule has 2 amide bonds. The molecule has 0 aromatic heterocycles. The van der Waals surface area contributed by atoms with Crippen molar-refractivity contribution in [3.05, 3.63) is 84.0 Å². The molecule has 136 valence electrons. The van der Waals surface area contributed by atoms with Gasteiger partial charge in [-0.25, -0.2) is 0 Å². The second-order valence-corrected chi connectivity index (χ2v) is 6.26. The van der Waals surface area contributed by atoms with Crippen LogP contribution in [0, 0.1) is 0 Å². The highest BCUT2D eigenvalue weighted by Gasteiger charge is 2.32. The fourth-order valence-electron chi connectivity index (χ4n) is 2.59. The summed E-state index contributed by atoms with van der Waals surface area (Å²) in [5.41, 5.74) is 1.76. The molecule has 1 fully saturated rings. The van der Waals surface area contributed by atoms with E-state index in [1.807, 2.05) is 42.5 Å². The average Bonchev–Trinajstić information content (AvgIpc) is 2.68. The maximum atomic E-state index is 12.6. The number of rotatable bonds is 6. The van der Waals surface area contributed by atoms with Crippen LogP contribution in [0.15, 0.2) is 72.8 Å². The lowest BCUT2D eigenvalue weighted by molar-refractivity contribution is -0.128. The second-order valence-electron chi connectivity index (χ2n) is 5.87. The van der Waals surface area contributed by atoms with Crippen molar-refractivity contribution in [2.24, 2.45) is 0 Å². The van der Waals surface area contributed by atoms with E-state index >= 15 is 0 Å². The van der Waals surface area contributed by atoms with Crippen molar-refractivity contribution in [2.75, 3.05) is 6.54 Å². The molecule has 2 aromatic carbocycles. The Bertz CT molecular complexity index is 922. The number of hydrogen-bond donors (Lipinski definition) is 1. The van der Waals surface area contributed by atoms with Crippen LogP contribution in [0.1, 0.15) is 11.1 Å². The van der Waals surface area contributed by atoms with Crippen LogP contribution in [0.3, 0.4) is 0 Å². The monoisotopic (exact) mass is 378 g/mol. The van der Waals surface area contributed by atoms with E-state index in [1.165, 1.54) is 11.0 Å². The van der Waals surface area contributed by atoms with Crippen molar-refractivity contribution in [3.63, 3.8) is 0 Å². The first kappa shape index (κ1) is 18.5. The van der Waals surface area contributed by atoms with Crippen molar-refractivity contribution in [1.29, 1.82) is 0 Å². The van der Waals surface area contributed by atoms with Gasteiger partial charge in [0, 0.05) is 6.54 Å². The lowest BCUT2D eigenvalue weighted by Gasteiger charge is -2.27. The minimum absolute atomic E-state index is 0.0191. The molecule has 1 aliphatic rings. The van der Waals surface area contributed by atoms with Crippen molar-refractivity contribution in [3.8, 4) is 5.75 Å². The van der Waals surface area contributed by atoms with E-state index in [0.29, 0.717) is 17.9 Å². The van der Waals surface area contributed by atoms with Gasteiger partial charge in [-0.15, -0.1) is 6.58 Å². The lowest BCUT2D eigenvalue weighted by Crippen LogP contribution is -2.53. The maximum Gasteiger partial charge on any atom is 0.265 e. The summed E-state index contributed by atoms with van der Waals surface area (Å²) in [7, 11) is 0. The fourth-order valence-corrected chi connectivity index (χ4v) is 2.84. The molecular weight excluding hydrogens is 360 g/mol. The van der Waals surface area contributed by atoms with E-state index in [1.54, 1.807) is 18.2 Å². The Morgan fingerprint density at radius 1 is 1.11 bits per heavy atom. The Hall–Kier alpha value is -3.25. The molecule has 0 unspecified atom stereocenters. The molecule has 0 atom stereocenters. The Balaban J connectivity index is 1.79.